The Kier molecular flexibility index (Phi) is 2.93. The van der Waals surface area contributed by atoms with Crippen molar-refractivity contribution >= 4 is 37.3 Å². The Bertz CT molecular complexity index is 628. The average molecular weight is 321 g/mol. The maximum atomic E-state index is 12.2. The van der Waals surface area contributed by atoms with Gasteiger partial charge in [0, 0.05) is 0 Å². The second kappa shape index (κ2) is 3.97. The lowest BCUT2D eigenvalue weighted by molar-refractivity contribution is 0.580. The number of hydrogen-bond acceptors (Lipinski definition) is 4. The molecule has 0 bridgehead atoms. The molecule has 0 aliphatic heterocycles. The van der Waals surface area contributed by atoms with Gasteiger partial charge in [0.1, 0.15) is 4.21 Å². The van der Waals surface area contributed by atoms with Crippen molar-refractivity contribution in [2.45, 2.75) is 18.1 Å². The third-order valence-electron chi connectivity index (χ3n) is 2.00. The summed E-state index contributed by atoms with van der Waals surface area (Å²) < 4.78 is 26.5. The number of rotatable bonds is 2. The van der Waals surface area contributed by atoms with Gasteiger partial charge in [-0.05, 0) is 48.0 Å². The van der Waals surface area contributed by atoms with E-state index in [1.54, 1.807) is 32.0 Å². The van der Waals surface area contributed by atoms with E-state index in [4.69, 9.17) is 0 Å². The summed E-state index contributed by atoms with van der Waals surface area (Å²) in [6, 6.07) is 5.02. The Morgan fingerprint density at radius 3 is 2.50 bits per heavy atom. The van der Waals surface area contributed by atoms with Gasteiger partial charge in [-0.25, -0.2) is 0 Å². The van der Waals surface area contributed by atoms with Gasteiger partial charge in [0.2, 0.25) is 0 Å². The summed E-state index contributed by atoms with van der Waals surface area (Å²) in [5.74, 6) is 0. The van der Waals surface area contributed by atoms with Crippen LogP contribution in [-0.2, 0) is 10.0 Å². The zero-order valence-electron chi connectivity index (χ0n) is 8.64. The molecule has 0 atom stereocenters. The molecule has 0 radical (unpaired) electrons. The SMILES string of the molecule is Cc1cc(C)n(S(=O)(=O)c2ccc(Br)s2)n1. The standard InChI is InChI=1S/C9H9BrN2O2S2/c1-6-5-7(2)12(11-6)16(13,14)9-4-3-8(10)15-9/h3-5H,1-2H3. The van der Waals surface area contributed by atoms with Crippen molar-refractivity contribution in [3.05, 3.63) is 33.4 Å². The molecule has 2 heterocycles. The predicted octanol–water partition coefficient (Wildman–Crippen LogP) is 2.56. The van der Waals surface area contributed by atoms with Crippen LogP contribution >= 0.6 is 27.3 Å². The number of aryl methyl sites for hydroxylation is 2. The maximum Gasteiger partial charge on any atom is 0.292 e. The first-order valence-corrected chi connectivity index (χ1v) is 7.50. The number of thiophene rings is 1. The van der Waals surface area contributed by atoms with E-state index in [1.165, 1.54) is 11.3 Å². The van der Waals surface area contributed by atoms with Crippen LogP contribution in [0.15, 0.2) is 26.2 Å². The molecule has 0 fully saturated rings. The molecular weight excluding hydrogens is 312 g/mol. The van der Waals surface area contributed by atoms with E-state index in [1.807, 2.05) is 0 Å². The zero-order valence-corrected chi connectivity index (χ0v) is 11.9. The summed E-state index contributed by atoms with van der Waals surface area (Å²) in [6.45, 7) is 3.49. The summed E-state index contributed by atoms with van der Waals surface area (Å²) >= 11 is 4.42. The number of aromatic nitrogens is 2. The summed E-state index contributed by atoms with van der Waals surface area (Å²) in [4.78, 5) is 0. The molecule has 4 nitrogen and oxygen atoms in total. The molecule has 0 unspecified atom stereocenters. The Hall–Kier alpha value is -0.660. The first kappa shape index (κ1) is 11.8. The van der Waals surface area contributed by atoms with Gasteiger partial charge >= 0.3 is 0 Å². The van der Waals surface area contributed by atoms with Crippen LogP contribution in [0.25, 0.3) is 0 Å². The summed E-state index contributed by atoms with van der Waals surface area (Å²) in [7, 11) is -3.53. The first-order chi connectivity index (χ1) is 7.41. The van der Waals surface area contributed by atoms with Gasteiger partial charge in [-0.15, -0.1) is 11.3 Å². The average Bonchev–Trinajstić information content (AvgIpc) is 2.73. The second-order valence-electron chi connectivity index (χ2n) is 3.33. The van der Waals surface area contributed by atoms with Crippen LogP contribution in [0.4, 0.5) is 0 Å². The topological polar surface area (TPSA) is 52.0 Å². The summed E-state index contributed by atoms with van der Waals surface area (Å²) in [5, 5.41) is 3.99. The minimum absolute atomic E-state index is 0.283. The molecule has 0 N–H and O–H groups in total. The van der Waals surface area contributed by atoms with Gasteiger partial charge in [0.25, 0.3) is 10.0 Å². The molecular formula is C9H9BrN2O2S2. The molecule has 0 aromatic carbocycles. The highest BCUT2D eigenvalue weighted by Gasteiger charge is 2.21. The molecule has 0 aliphatic rings. The van der Waals surface area contributed by atoms with Crippen LogP contribution in [-0.4, -0.2) is 17.6 Å². The van der Waals surface area contributed by atoms with Crippen molar-refractivity contribution in [1.82, 2.24) is 9.19 Å². The molecule has 0 saturated carbocycles. The third-order valence-corrected chi connectivity index (χ3v) is 5.77. The molecule has 16 heavy (non-hydrogen) atoms. The Labute approximate surface area is 106 Å². The minimum Gasteiger partial charge on any atom is -0.198 e. The van der Waals surface area contributed by atoms with Crippen LogP contribution in [0.2, 0.25) is 0 Å². The lowest BCUT2D eigenvalue weighted by atomic mass is 10.4. The van der Waals surface area contributed by atoms with Gasteiger partial charge in [-0.3, -0.25) is 0 Å². The van der Waals surface area contributed by atoms with Crippen molar-refractivity contribution in [2.75, 3.05) is 0 Å². The second-order valence-corrected chi connectivity index (χ2v) is 7.79. The number of hydrogen-bond donors (Lipinski definition) is 0. The highest BCUT2D eigenvalue weighted by atomic mass is 79.9. The van der Waals surface area contributed by atoms with Crippen molar-refractivity contribution in [3.63, 3.8) is 0 Å². The fourth-order valence-corrected chi connectivity index (χ4v) is 4.80. The highest BCUT2D eigenvalue weighted by molar-refractivity contribution is 9.11. The Morgan fingerprint density at radius 2 is 2.06 bits per heavy atom. The molecule has 2 aromatic rings. The monoisotopic (exact) mass is 320 g/mol. The van der Waals surface area contributed by atoms with Crippen LogP contribution < -0.4 is 0 Å². The van der Waals surface area contributed by atoms with E-state index >= 15 is 0 Å². The Balaban J connectivity index is 2.59. The minimum atomic E-state index is -3.53. The fourth-order valence-electron chi connectivity index (χ4n) is 1.37. The lowest BCUT2D eigenvalue weighted by Gasteiger charge is -2.03. The predicted molar refractivity (Wildman–Crippen MR) is 66.3 cm³/mol. The largest absolute Gasteiger partial charge is 0.292 e. The Morgan fingerprint density at radius 1 is 1.38 bits per heavy atom. The molecule has 0 amide bonds. The summed E-state index contributed by atoms with van der Waals surface area (Å²) in [6.07, 6.45) is 0. The third kappa shape index (κ3) is 1.94. The number of nitrogens with zero attached hydrogens (tertiary/aromatic N) is 2. The van der Waals surface area contributed by atoms with Gasteiger partial charge in [-0.1, -0.05) is 0 Å². The smallest absolute Gasteiger partial charge is 0.198 e. The van der Waals surface area contributed by atoms with E-state index in [9.17, 15) is 8.42 Å². The highest BCUT2D eigenvalue weighted by Crippen LogP contribution is 2.27. The van der Waals surface area contributed by atoms with E-state index in [-0.39, 0.29) is 4.21 Å². The van der Waals surface area contributed by atoms with Crippen LogP contribution in [0.5, 0.6) is 0 Å². The molecule has 86 valence electrons. The van der Waals surface area contributed by atoms with Gasteiger partial charge < -0.3 is 0 Å². The van der Waals surface area contributed by atoms with E-state index in [0.717, 1.165) is 7.87 Å². The van der Waals surface area contributed by atoms with Crippen LogP contribution in [0, 0.1) is 13.8 Å². The fraction of sp³-hybridized carbons (Fsp3) is 0.222. The summed E-state index contributed by atoms with van der Waals surface area (Å²) in [5.41, 5.74) is 1.30. The van der Waals surface area contributed by atoms with E-state index in [0.29, 0.717) is 11.4 Å². The molecule has 0 aliphatic carbocycles. The van der Waals surface area contributed by atoms with Crippen molar-refractivity contribution in [2.24, 2.45) is 0 Å². The molecule has 0 saturated heterocycles. The van der Waals surface area contributed by atoms with Crippen molar-refractivity contribution < 1.29 is 8.42 Å². The van der Waals surface area contributed by atoms with Crippen molar-refractivity contribution in [1.29, 1.82) is 0 Å². The molecule has 2 aromatic heterocycles. The lowest BCUT2D eigenvalue weighted by Crippen LogP contribution is -2.14. The molecule has 2 rings (SSSR count). The number of halogens is 1. The van der Waals surface area contributed by atoms with Gasteiger partial charge in [-0.2, -0.15) is 17.6 Å². The van der Waals surface area contributed by atoms with Gasteiger partial charge in [0.05, 0.1) is 15.2 Å². The van der Waals surface area contributed by atoms with E-state index in [2.05, 4.69) is 21.0 Å². The van der Waals surface area contributed by atoms with Crippen LogP contribution in [0.3, 0.4) is 0 Å². The maximum absolute atomic E-state index is 12.2. The van der Waals surface area contributed by atoms with Crippen molar-refractivity contribution in [3.8, 4) is 0 Å². The molecule has 0 spiro atoms. The quantitative estimate of drug-likeness (QED) is 0.854. The van der Waals surface area contributed by atoms with Gasteiger partial charge in [0.15, 0.2) is 0 Å². The van der Waals surface area contributed by atoms with Crippen LogP contribution in [0.1, 0.15) is 11.4 Å². The normalized spacial score (nSPS) is 11.9. The molecule has 7 heteroatoms. The zero-order chi connectivity index (χ0) is 11.9. The van der Waals surface area contributed by atoms with E-state index < -0.39 is 10.0 Å². The first-order valence-electron chi connectivity index (χ1n) is 4.45.